The Labute approximate surface area is 103 Å². The van der Waals surface area contributed by atoms with Crippen molar-refractivity contribution in [3.05, 3.63) is 24.0 Å². The maximum atomic E-state index is 13.3. The van der Waals surface area contributed by atoms with E-state index < -0.39 is 30.9 Å². The molecule has 0 spiro atoms. The van der Waals surface area contributed by atoms with Gasteiger partial charge in [0.1, 0.15) is 6.61 Å². The van der Waals surface area contributed by atoms with Crippen molar-refractivity contribution < 1.29 is 23.0 Å². The molecule has 0 aliphatic carbocycles. The van der Waals surface area contributed by atoms with Gasteiger partial charge in [0.2, 0.25) is 0 Å². The Bertz CT molecular complexity index is 399. The minimum atomic E-state index is -2.94. The van der Waals surface area contributed by atoms with Crippen LogP contribution in [0.1, 0.15) is 19.8 Å². The number of anilines is 1. The summed E-state index contributed by atoms with van der Waals surface area (Å²) in [6.45, 7) is 0.934. The van der Waals surface area contributed by atoms with E-state index in [1.165, 1.54) is 19.1 Å². The number of aliphatic hydroxyl groups is 1. The van der Waals surface area contributed by atoms with Crippen molar-refractivity contribution in [1.82, 2.24) is 0 Å². The van der Waals surface area contributed by atoms with Gasteiger partial charge in [0.15, 0.2) is 11.6 Å². The molecule has 6 heteroatoms. The molecule has 0 bridgehead atoms. The second kappa shape index (κ2) is 5.95. The van der Waals surface area contributed by atoms with Crippen LogP contribution in [0.5, 0.6) is 5.75 Å². The molecule has 0 amide bonds. The largest absolute Gasteiger partial charge is 0.488 e. The van der Waals surface area contributed by atoms with Crippen LogP contribution >= 0.6 is 0 Å². The molecule has 1 aromatic rings. The minimum absolute atomic E-state index is 0.122. The number of benzene rings is 1. The lowest BCUT2D eigenvalue weighted by Crippen LogP contribution is -2.27. The van der Waals surface area contributed by atoms with E-state index in [0.717, 1.165) is 6.07 Å². The van der Waals surface area contributed by atoms with E-state index in [1.807, 2.05) is 0 Å². The van der Waals surface area contributed by atoms with E-state index in [9.17, 15) is 18.3 Å². The number of aliphatic hydroxyl groups excluding tert-OH is 1. The van der Waals surface area contributed by atoms with Crippen molar-refractivity contribution in [2.75, 3.05) is 12.3 Å². The molecule has 0 radical (unpaired) electrons. The number of rotatable bonds is 6. The number of alkyl halides is 2. The Hall–Kier alpha value is -1.43. The molecule has 3 nitrogen and oxygen atoms in total. The van der Waals surface area contributed by atoms with E-state index >= 15 is 0 Å². The third kappa shape index (κ3) is 4.44. The molecule has 18 heavy (non-hydrogen) atoms. The van der Waals surface area contributed by atoms with Crippen molar-refractivity contribution in [2.45, 2.75) is 31.8 Å². The molecule has 1 rings (SSSR count). The highest BCUT2D eigenvalue weighted by Gasteiger charge is 2.30. The lowest BCUT2D eigenvalue weighted by Gasteiger charge is -2.18. The zero-order valence-corrected chi connectivity index (χ0v) is 10.00. The maximum absolute atomic E-state index is 13.3. The average Bonchev–Trinajstić information content (AvgIpc) is 2.27. The topological polar surface area (TPSA) is 55.5 Å². The first-order valence-electron chi connectivity index (χ1n) is 5.58. The molecule has 3 N–H and O–H groups in total. The summed E-state index contributed by atoms with van der Waals surface area (Å²) in [5, 5.41) is 9.37. The summed E-state index contributed by atoms with van der Waals surface area (Å²) in [6, 6.07) is 3.77. The third-order valence-corrected chi connectivity index (χ3v) is 2.44. The monoisotopic (exact) mass is 263 g/mol. The first-order chi connectivity index (χ1) is 8.34. The lowest BCUT2D eigenvalue weighted by molar-refractivity contribution is -0.0556. The number of hydrogen-bond donors (Lipinski definition) is 2. The normalized spacial score (nSPS) is 13.4. The van der Waals surface area contributed by atoms with Gasteiger partial charge in [-0.2, -0.15) is 0 Å². The van der Waals surface area contributed by atoms with Crippen molar-refractivity contribution in [2.24, 2.45) is 0 Å². The quantitative estimate of drug-likeness (QED) is 0.776. The predicted octanol–water partition coefficient (Wildman–Crippen LogP) is 2.58. The average molecular weight is 263 g/mol. The fourth-order valence-electron chi connectivity index (χ4n) is 1.37. The van der Waals surface area contributed by atoms with Crippen molar-refractivity contribution in [3.8, 4) is 5.75 Å². The van der Waals surface area contributed by atoms with Gasteiger partial charge in [-0.3, -0.25) is 0 Å². The van der Waals surface area contributed by atoms with Gasteiger partial charge in [0.25, 0.3) is 5.92 Å². The van der Waals surface area contributed by atoms with Gasteiger partial charge in [-0.25, -0.2) is 13.2 Å². The van der Waals surface area contributed by atoms with Crippen molar-refractivity contribution in [3.63, 3.8) is 0 Å². The molecule has 0 saturated carbocycles. The van der Waals surface area contributed by atoms with E-state index in [-0.39, 0.29) is 17.9 Å². The number of nitrogen functional groups attached to an aromatic ring is 1. The molecule has 1 atom stereocenters. The summed E-state index contributed by atoms with van der Waals surface area (Å²) >= 11 is 0. The highest BCUT2D eigenvalue weighted by atomic mass is 19.3. The standard InChI is InChI=1S/C12H16F3NO2/c1-2-12(14,15)6-9(17)7-18-11-4-3-8(16)5-10(11)13/h3-5,9,17H,2,6-7,16H2,1H3. The fourth-order valence-corrected chi connectivity index (χ4v) is 1.37. The van der Waals surface area contributed by atoms with E-state index in [0.29, 0.717) is 0 Å². The van der Waals surface area contributed by atoms with Crippen LogP contribution in [0.2, 0.25) is 0 Å². The zero-order valence-electron chi connectivity index (χ0n) is 10.00. The van der Waals surface area contributed by atoms with E-state index in [4.69, 9.17) is 10.5 Å². The van der Waals surface area contributed by atoms with Gasteiger partial charge in [-0.1, -0.05) is 6.92 Å². The van der Waals surface area contributed by atoms with Gasteiger partial charge in [-0.15, -0.1) is 0 Å². The summed E-state index contributed by atoms with van der Waals surface area (Å²) in [4.78, 5) is 0. The summed E-state index contributed by atoms with van der Waals surface area (Å²) in [5.74, 6) is -3.75. The molecule has 0 fully saturated rings. The zero-order chi connectivity index (χ0) is 13.8. The van der Waals surface area contributed by atoms with Gasteiger partial charge in [0, 0.05) is 24.6 Å². The Morgan fingerprint density at radius 3 is 2.67 bits per heavy atom. The second-order valence-electron chi connectivity index (χ2n) is 4.07. The highest BCUT2D eigenvalue weighted by molar-refractivity contribution is 5.42. The van der Waals surface area contributed by atoms with Crippen molar-refractivity contribution >= 4 is 5.69 Å². The summed E-state index contributed by atoms with van der Waals surface area (Å²) in [5.41, 5.74) is 5.57. The Balaban J connectivity index is 2.50. The molecular formula is C12H16F3NO2. The molecule has 0 aliphatic rings. The highest BCUT2D eigenvalue weighted by Crippen LogP contribution is 2.25. The Morgan fingerprint density at radius 2 is 2.11 bits per heavy atom. The van der Waals surface area contributed by atoms with Gasteiger partial charge >= 0.3 is 0 Å². The van der Waals surface area contributed by atoms with Crippen LogP contribution in [0, 0.1) is 5.82 Å². The van der Waals surface area contributed by atoms with E-state index in [1.54, 1.807) is 0 Å². The van der Waals surface area contributed by atoms with Crippen LogP contribution in [0.25, 0.3) is 0 Å². The Kier molecular flexibility index (Phi) is 4.84. The van der Waals surface area contributed by atoms with Crippen LogP contribution in [0.15, 0.2) is 18.2 Å². The SMILES string of the molecule is CCC(F)(F)CC(O)COc1ccc(N)cc1F. The molecule has 102 valence electrons. The molecule has 1 unspecified atom stereocenters. The molecule has 0 aromatic heterocycles. The van der Waals surface area contributed by atoms with Crippen molar-refractivity contribution in [1.29, 1.82) is 0 Å². The van der Waals surface area contributed by atoms with Crippen LogP contribution in [-0.2, 0) is 0 Å². The maximum Gasteiger partial charge on any atom is 0.250 e. The van der Waals surface area contributed by atoms with Gasteiger partial charge in [0.05, 0.1) is 6.10 Å². The second-order valence-corrected chi connectivity index (χ2v) is 4.07. The van der Waals surface area contributed by atoms with Crippen LogP contribution in [0.3, 0.4) is 0 Å². The van der Waals surface area contributed by atoms with Crippen LogP contribution in [0.4, 0.5) is 18.9 Å². The van der Waals surface area contributed by atoms with Crippen LogP contribution in [-0.4, -0.2) is 23.7 Å². The minimum Gasteiger partial charge on any atom is -0.488 e. The Morgan fingerprint density at radius 1 is 1.44 bits per heavy atom. The fraction of sp³-hybridized carbons (Fsp3) is 0.500. The molecule has 0 saturated heterocycles. The number of hydrogen-bond acceptors (Lipinski definition) is 3. The first kappa shape index (κ1) is 14.6. The molecular weight excluding hydrogens is 247 g/mol. The smallest absolute Gasteiger partial charge is 0.250 e. The summed E-state index contributed by atoms with van der Waals surface area (Å²) in [7, 11) is 0. The first-order valence-corrected chi connectivity index (χ1v) is 5.58. The molecule has 1 aromatic carbocycles. The van der Waals surface area contributed by atoms with E-state index in [2.05, 4.69) is 0 Å². The number of ether oxygens (including phenoxy) is 1. The molecule has 0 heterocycles. The predicted molar refractivity (Wildman–Crippen MR) is 62.2 cm³/mol. The number of nitrogens with two attached hydrogens (primary N) is 1. The van der Waals surface area contributed by atoms with Gasteiger partial charge < -0.3 is 15.6 Å². The summed E-state index contributed by atoms with van der Waals surface area (Å²) < 4.78 is 44.1. The lowest BCUT2D eigenvalue weighted by atomic mass is 10.1. The van der Waals surface area contributed by atoms with Gasteiger partial charge in [-0.05, 0) is 12.1 Å². The third-order valence-electron chi connectivity index (χ3n) is 2.44. The number of halogens is 3. The summed E-state index contributed by atoms with van der Waals surface area (Å²) in [6.07, 6.45) is -2.42. The van der Waals surface area contributed by atoms with Crippen LogP contribution < -0.4 is 10.5 Å². The molecule has 0 aliphatic heterocycles.